The van der Waals surface area contributed by atoms with Gasteiger partial charge < -0.3 is 10.1 Å². The highest BCUT2D eigenvalue weighted by Crippen LogP contribution is 2.22. The van der Waals surface area contributed by atoms with Gasteiger partial charge in [0, 0.05) is 17.8 Å². The first kappa shape index (κ1) is 11.2. The average molecular weight is 221 g/mol. The van der Waals surface area contributed by atoms with Crippen LogP contribution >= 0.6 is 0 Å². The van der Waals surface area contributed by atoms with Crippen molar-refractivity contribution in [3.05, 3.63) is 11.8 Å². The van der Waals surface area contributed by atoms with Crippen LogP contribution in [0.5, 0.6) is 5.88 Å². The van der Waals surface area contributed by atoms with Crippen molar-refractivity contribution in [2.75, 3.05) is 11.9 Å². The number of nitrogens with zero attached hydrogens (tertiary/aromatic N) is 2. The lowest BCUT2D eigenvalue weighted by Crippen LogP contribution is -2.28. The second-order valence-electron chi connectivity index (χ2n) is 4.29. The van der Waals surface area contributed by atoms with Crippen LogP contribution in [0.3, 0.4) is 0 Å². The van der Waals surface area contributed by atoms with Gasteiger partial charge in [-0.3, -0.25) is 0 Å². The van der Waals surface area contributed by atoms with Crippen molar-refractivity contribution in [1.82, 2.24) is 9.97 Å². The lowest BCUT2D eigenvalue weighted by molar-refractivity contribution is 0.304. The van der Waals surface area contributed by atoms with E-state index >= 15 is 0 Å². The van der Waals surface area contributed by atoms with Gasteiger partial charge in [0.05, 0.1) is 6.61 Å². The van der Waals surface area contributed by atoms with E-state index in [1.807, 2.05) is 13.0 Å². The highest BCUT2D eigenvalue weighted by Gasteiger charge is 2.18. The summed E-state index contributed by atoms with van der Waals surface area (Å²) in [5.74, 6) is 1.38. The molecule has 1 aliphatic carbocycles. The molecule has 1 fully saturated rings. The Morgan fingerprint density at radius 1 is 1.44 bits per heavy atom. The minimum atomic E-state index is 0.556. The van der Waals surface area contributed by atoms with Crippen LogP contribution in [0.15, 0.2) is 6.07 Å². The van der Waals surface area contributed by atoms with Crippen LogP contribution in [0.4, 0.5) is 5.95 Å². The summed E-state index contributed by atoms with van der Waals surface area (Å²) in [6.07, 6.45) is 4.75. The van der Waals surface area contributed by atoms with Gasteiger partial charge in [0.15, 0.2) is 0 Å². The Kier molecular flexibility index (Phi) is 3.59. The van der Waals surface area contributed by atoms with Gasteiger partial charge in [0.2, 0.25) is 11.8 Å². The van der Waals surface area contributed by atoms with Crippen LogP contribution in [-0.2, 0) is 0 Å². The highest BCUT2D eigenvalue weighted by atomic mass is 16.5. The smallest absolute Gasteiger partial charge is 0.226 e. The topological polar surface area (TPSA) is 47.0 Å². The first-order chi connectivity index (χ1) is 7.78. The van der Waals surface area contributed by atoms with Gasteiger partial charge in [-0.1, -0.05) is 6.92 Å². The molecule has 88 valence electrons. The van der Waals surface area contributed by atoms with Crippen molar-refractivity contribution in [2.24, 2.45) is 0 Å². The van der Waals surface area contributed by atoms with Gasteiger partial charge in [-0.2, -0.15) is 4.98 Å². The second-order valence-corrected chi connectivity index (χ2v) is 4.29. The first-order valence-corrected chi connectivity index (χ1v) is 6.03. The predicted octanol–water partition coefficient (Wildman–Crippen LogP) is 2.54. The van der Waals surface area contributed by atoms with Crippen molar-refractivity contribution in [1.29, 1.82) is 0 Å². The summed E-state index contributed by atoms with van der Waals surface area (Å²) in [6.45, 7) is 4.76. The molecule has 0 saturated heterocycles. The van der Waals surface area contributed by atoms with Crippen molar-refractivity contribution >= 4 is 5.95 Å². The van der Waals surface area contributed by atoms with Gasteiger partial charge in [-0.15, -0.1) is 0 Å². The van der Waals surface area contributed by atoms with Gasteiger partial charge in [-0.05, 0) is 32.6 Å². The molecule has 16 heavy (non-hydrogen) atoms. The molecular formula is C12H19N3O. The fourth-order valence-corrected chi connectivity index (χ4v) is 1.62. The molecule has 1 aromatic heterocycles. The Balaban J connectivity index is 2.02. The van der Waals surface area contributed by atoms with Crippen LogP contribution in [0.25, 0.3) is 0 Å². The number of aromatic nitrogens is 2. The molecule has 0 radical (unpaired) electrons. The van der Waals surface area contributed by atoms with Crippen LogP contribution in [0.2, 0.25) is 0 Å². The quantitative estimate of drug-likeness (QED) is 0.830. The third kappa shape index (κ3) is 2.84. The number of ether oxygens (including phenoxy) is 1. The number of anilines is 1. The van der Waals surface area contributed by atoms with Crippen molar-refractivity contribution in [3.8, 4) is 5.88 Å². The van der Waals surface area contributed by atoms with E-state index < -0.39 is 0 Å². The van der Waals surface area contributed by atoms with Gasteiger partial charge in [0.25, 0.3) is 0 Å². The molecule has 0 amide bonds. The third-order valence-corrected chi connectivity index (χ3v) is 2.72. The summed E-state index contributed by atoms with van der Waals surface area (Å²) >= 11 is 0. The van der Waals surface area contributed by atoms with Crippen LogP contribution < -0.4 is 10.1 Å². The fraction of sp³-hybridized carbons (Fsp3) is 0.667. The van der Waals surface area contributed by atoms with E-state index in [0.29, 0.717) is 24.5 Å². The van der Waals surface area contributed by atoms with E-state index in [-0.39, 0.29) is 0 Å². The minimum absolute atomic E-state index is 0.556. The largest absolute Gasteiger partial charge is 0.478 e. The molecule has 1 aromatic rings. The fourth-order valence-electron chi connectivity index (χ4n) is 1.62. The van der Waals surface area contributed by atoms with Crippen molar-refractivity contribution in [2.45, 2.75) is 45.6 Å². The highest BCUT2D eigenvalue weighted by molar-refractivity contribution is 5.32. The maximum Gasteiger partial charge on any atom is 0.226 e. The Hall–Kier alpha value is -1.32. The Morgan fingerprint density at radius 3 is 2.88 bits per heavy atom. The summed E-state index contributed by atoms with van der Waals surface area (Å²) < 4.78 is 5.52. The number of nitrogens with one attached hydrogen (secondary N) is 1. The second kappa shape index (κ2) is 5.14. The first-order valence-electron chi connectivity index (χ1n) is 6.03. The molecular weight excluding hydrogens is 202 g/mol. The normalized spacial score (nSPS) is 15.6. The number of rotatable bonds is 5. The zero-order valence-electron chi connectivity index (χ0n) is 9.99. The Morgan fingerprint density at radius 2 is 2.25 bits per heavy atom. The molecule has 1 heterocycles. The number of aryl methyl sites for hydroxylation is 1. The zero-order valence-corrected chi connectivity index (χ0v) is 9.99. The van der Waals surface area contributed by atoms with E-state index in [1.165, 1.54) is 19.3 Å². The third-order valence-electron chi connectivity index (χ3n) is 2.72. The maximum absolute atomic E-state index is 5.52. The van der Waals surface area contributed by atoms with Gasteiger partial charge in [0.1, 0.15) is 0 Å². The molecule has 2 rings (SSSR count). The molecule has 0 bridgehead atoms. The van der Waals surface area contributed by atoms with Crippen molar-refractivity contribution < 1.29 is 4.74 Å². The molecule has 0 spiro atoms. The van der Waals surface area contributed by atoms with E-state index in [4.69, 9.17) is 4.74 Å². The standard InChI is InChI=1S/C12H19N3O/c1-3-7-16-11-8-9(2)13-12(15-11)14-10-5-4-6-10/h8,10H,3-7H2,1-2H3,(H,13,14,15). The van der Waals surface area contributed by atoms with Crippen LogP contribution in [-0.4, -0.2) is 22.6 Å². The minimum Gasteiger partial charge on any atom is -0.478 e. The maximum atomic E-state index is 5.52. The molecule has 0 unspecified atom stereocenters. The molecule has 0 aromatic carbocycles. The van der Waals surface area contributed by atoms with E-state index in [2.05, 4.69) is 22.2 Å². The summed E-state index contributed by atoms with van der Waals surface area (Å²) in [4.78, 5) is 8.71. The molecule has 4 heteroatoms. The molecule has 0 aliphatic heterocycles. The SMILES string of the molecule is CCCOc1cc(C)nc(NC2CCC2)n1. The lowest BCUT2D eigenvalue weighted by Gasteiger charge is -2.26. The molecule has 4 nitrogen and oxygen atoms in total. The lowest BCUT2D eigenvalue weighted by atomic mass is 9.93. The Labute approximate surface area is 96.4 Å². The van der Waals surface area contributed by atoms with Gasteiger partial charge in [-0.25, -0.2) is 4.98 Å². The summed E-state index contributed by atoms with van der Waals surface area (Å²) in [5.41, 5.74) is 0.947. The molecule has 1 N–H and O–H groups in total. The van der Waals surface area contributed by atoms with E-state index in [9.17, 15) is 0 Å². The van der Waals surface area contributed by atoms with Crippen molar-refractivity contribution in [3.63, 3.8) is 0 Å². The van der Waals surface area contributed by atoms with Crippen LogP contribution in [0, 0.1) is 6.92 Å². The summed E-state index contributed by atoms with van der Waals surface area (Å²) in [6, 6.07) is 2.43. The van der Waals surface area contributed by atoms with E-state index in [1.54, 1.807) is 0 Å². The van der Waals surface area contributed by atoms with E-state index in [0.717, 1.165) is 12.1 Å². The average Bonchev–Trinajstić information content (AvgIpc) is 2.20. The Bertz CT molecular complexity index is 350. The zero-order chi connectivity index (χ0) is 11.4. The predicted molar refractivity (Wildman–Crippen MR) is 63.8 cm³/mol. The molecule has 1 saturated carbocycles. The monoisotopic (exact) mass is 221 g/mol. The number of hydrogen-bond donors (Lipinski definition) is 1. The summed E-state index contributed by atoms with van der Waals surface area (Å²) in [7, 11) is 0. The summed E-state index contributed by atoms with van der Waals surface area (Å²) in [5, 5.41) is 3.33. The van der Waals surface area contributed by atoms with Crippen LogP contribution in [0.1, 0.15) is 38.3 Å². The van der Waals surface area contributed by atoms with Gasteiger partial charge >= 0.3 is 0 Å². The molecule has 0 atom stereocenters. The molecule has 1 aliphatic rings. The number of hydrogen-bond acceptors (Lipinski definition) is 4.